The van der Waals surface area contributed by atoms with Crippen molar-refractivity contribution < 1.29 is 31.5 Å². The SMILES string of the molecule is CCS(=O)(=O)N1CCC(C(=O)OC(C)C(=O)Nc2cc(F)ccc2F)CC1. The third-order valence-electron chi connectivity index (χ3n) is 4.39. The van der Waals surface area contributed by atoms with Crippen molar-refractivity contribution >= 4 is 27.6 Å². The lowest BCUT2D eigenvalue weighted by molar-refractivity contribution is -0.158. The number of amides is 1. The quantitative estimate of drug-likeness (QED) is 0.731. The molecule has 1 N–H and O–H groups in total. The molecular weight excluding hydrogens is 382 g/mol. The summed E-state index contributed by atoms with van der Waals surface area (Å²) in [5.74, 6) is -3.46. The molecule has 0 radical (unpaired) electrons. The molecule has 1 aromatic carbocycles. The Hall–Kier alpha value is -2.07. The topological polar surface area (TPSA) is 92.8 Å². The first-order chi connectivity index (χ1) is 12.6. The number of anilines is 1. The first-order valence-corrected chi connectivity index (χ1v) is 10.2. The lowest BCUT2D eigenvalue weighted by Gasteiger charge is -2.30. The Morgan fingerprint density at radius 1 is 1.30 bits per heavy atom. The average molecular weight is 404 g/mol. The van der Waals surface area contributed by atoms with Gasteiger partial charge in [0.25, 0.3) is 5.91 Å². The summed E-state index contributed by atoms with van der Waals surface area (Å²) < 4.78 is 56.8. The first kappa shape index (κ1) is 21.2. The summed E-state index contributed by atoms with van der Waals surface area (Å²) in [5.41, 5.74) is -0.346. The molecule has 0 saturated carbocycles. The minimum absolute atomic E-state index is 0.00401. The Kier molecular flexibility index (Phi) is 6.88. The standard InChI is InChI=1S/C17H22F2N2O5S/c1-3-27(24,25)21-8-6-12(7-9-21)17(23)26-11(2)16(22)20-15-10-13(18)4-5-14(15)19/h4-5,10-12H,3,6-9H2,1-2H3,(H,20,22). The maximum absolute atomic E-state index is 13.6. The van der Waals surface area contributed by atoms with Crippen LogP contribution in [0.1, 0.15) is 26.7 Å². The largest absolute Gasteiger partial charge is 0.452 e. The molecule has 27 heavy (non-hydrogen) atoms. The van der Waals surface area contributed by atoms with Crippen LogP contribution in [0, 0.1) is 17.6 Å². The van der Waals surface area contributed by atoms with Gasteiger partial charge in [-0.05, 0) is 38.8 Å². The summed E-state index contributed by atoms with van der Waals surface area (Å²) in [6, 6.07) is 2.62. The molecular formula is C17H22F2N2O5S. The second-order valence-electron chi connectivity index (χ2n) is 6.27. The molecule has 0 bridgehead atoms. The van der Waals surface area contributed by atoms with Gasteiger partial charge in [0.1, 0.15) is 11.6 Å². The number of nitrogens with one attached hydrogen (secondary N) is 1. The maximum Gasteiger partial charge on any atom is 0.309 e. The highest BCUT2D eigenvalue weighted by molar-refractivity contribution is 7.89. The molecule has 1 aromatic rings. The van der Waals surface area contributed by atoms with E-state index in [1.807, 2.05) is 0 Å². The van der Waals surface area contributed by atoms with Crippen LogP contribution in [-0.4, -0.2) is 49.5 Å². The number of nitrogens with zero attached hydrogens (tertiary/aromatic N) is 1. The Morgan fingerprint density at radius 3 is 2.52 bits per heavy atom. The number of benzene rings is 1. The number of carbonyl (C=O) groups is 2. The van der Waals surface area contributed by atoms with Gasteiger partial charge in [0.2, 0.25) is 10.0 Å². The molecule has 10 heteroatoms. The van der Waals surface area contributed by atoms with E-state index in [-0.39, 0.29) is 24.5 Å². The van der Waals surface area contributed by atoms with Gasteiger partial charge >= 0.3 is 5.97 Å². The molecule has 1 aliphatic heterocycles. The van der Waals surface area contributed by atoms with Crippen LogP contribution in [0.4, 0.5) is 14.5 Å². The second-order valence-corrected chi connectivity index (χ2v) is 8.52. The van der Waals surface area contributed by atoms with Gasteiger partial charge < -0.3 is 10.1 Å². The molecule has 1 aliphatic rings. The molecule has 7 nitrogen and oxygen atoms in total. The van der Waals surface area contributed by atoms with Crippen LogP contribution in [0.3, 0.4) is 0 Å². The Labute approximate surface area is 156 Å². The average Bonchev–Trinajstić information content (AvgIpc) is 2.64. The van der Waals surface area contributed by atoms with Gasteiger partial charge in [0.15, 0.2) is 6.10 Å². The van der Waals surface area contributed by atoms with Crippen molar-refractivity contribution in [3.8, 4) is 0 Å². The van der Waals surface area contributed by atoms with E-state index in [0.29, 0.717) is 12.8 Å². The Morgan fingerprint density at radius 2 is 1.93 bits per heavy atom. The van der Waals surface area contributed by atoms with Crippen LogP contribution < -0.4 is 5.32 Å². The van der Waals surface area contributed by atoms with E-state index in [0.717, 1.165) is 18.2 Å². The van der Waals surface area contributed by atoms with Gasteiger partial charge in [-0.2, -0.15) is 0 Å². The molecule has 2 rings (SSSR count). The zero-order chi connectivity index (χ0) is 20.2. The predicted molar refractivity (Wildman–Crippen MR) is 94.3 cm³/mol. The molecule has 1 atom stereocenters. The van der Waals surface area contributed by atoms with Crippen LogP contribution in [0.25, 0.3) is 0 Å². The second kappa shape index (κ2) is 8.75. The normalized spacial score (nSPS) is 17.3. The number of carbonyl (C=O) groups excluding carboxylic acids is 2. The van der Waals surface area contributed by atoms with Crippen LogP contribution in [0.15, 0.2) is 18.2 Å². The maximum atomic E-state index is 13.6. The number of halogens is 2. The van der Waals surface area contributed by atoms with E-state index in [1.54, 1.807) is 6.92 Å². The molecule has 1 heterocycles. The van der Waals surface area contributed by atoms with E-state index >= 15 is 0 Å². The minimum atomic E-state index is -3.30. The molecule has 1 amide bonds. The van der Waals surface area contributed by atoms with Crippen LogP contribution in [-0.2, 0) is 24.3 Å². The Bertz CT molecular complexity index is 808. The monoisotopic (exact) mass is 404 g/mol. The third-order valence-corrected chi connectivity index (χ3v) is 6.28. The van der Waals surface area contributed by atoms with Crippen molar-refractivity contribution in [1.29, 1.82) is 0 Å². The fourth-order valence-corrected chi connectivity index (χ4v) is 3.84. The summed E-state index contributed by atoms with van der Waals surface area (Å²) in [4.78, 5) is 24.3. The van der Waals surface area contributed by atoms with E-state index in [9.17, 15) is 26.8 Å². The molecule has 1 unspecified atom stereocenters. The molecule has 1 saturated heterocycles. The molecule has 150 valence electrons. The smallest absolute Gasteiger partial charge is 0.309 e. The zero-order valence-corrected chi connectivity index (χ0v) is 15.9. The third kappa shape index (κ3) is 5.46. The summed E-state index contributed by atoms with van der Waals surface area (Å²) in [6.07, 6.45) is -0.617. The molecule has 0 aliphatic carbocycles. The van der Waals surface area contributed by atoms with Gasteiger partial charge in [0.05, 0.1) is 17.4 Å². The van der Waals surface area contributed by atoms with E-state index in [2.05, 4.69) is 5.32 Å². The number of sulfonamides is 1. The zero-order valence-electron chi connectivity index (χ0n) is 15.1. The van der Waals surface area contributed by atoms with Crippen molar-refractivity contribution in [1.82, 2.24) is 4.31 Å². The lowest BCUT2D eigenvalue weighted by atomic mass is 9.98. The number of ether oxygens (including phenoxy) is 1. The number of esters is 1. The summed E-state index contributed by atoms with van der Waals surface area (Å²) in [7, 11) is -3.30. The first-order valence-electron chi connectivity index (χ1n) is 8.58. The van der Waals surface area contributed by atoms with Crippen molar-refractivity contribution in [3.05, 3.63) is 29.8 Å². The highest BCUT2D eigenvalue weighted by Gasteiger charge is 2.32. The fraction of sp³-hybridized carbons (Fsp3) is 0.529. The number of hydrogen-bond donors (Lipinski definition) is 1. The lowest BCUT2D eigenvalue weighted by Crippen LogP contribution is -2.42. The van der Waals surface area contributed by atoms with Crippen LogP contribution in [0.2, 0.25) is 0 Å². The number of hydrogen-bond acceptors (Lipinski definition) is 5. The summed E-state index contributed by atoms with van der Waals surface area (Å²) >= 11 is 0. The van der Waals surface area contributed by atoms with Gasteiger partial charge in [-0.1, -0.05) is 0 Å². The van der Waals surface area contributed by atoms with Gasteiger partial charge in [-0.25, -0.2) is 21.5 Å². The molecule has 0 spiro atoms. The fourth-order valence-electron chi connectivity index (χ4n) is 2.70. The summed E-state index contributed by atoms with van der Waals surface area (Å²) in [6.45, 7) is 3.30. The van der Waals surface area contributed by atoms with Gasteiger partial charge in [-0.3, -0.25) is 9.59 Å². The molecule has 0 aromatic heterocycles. The van der Waals surface area contributed by atoms with Crippen molar-refractivity contribution in [2.75, 3.05) is 24.2 Å². The van der Waals surface area contributed by atoms with E-state index < -0.39 is 45.6 Å². The van der Waals surface area contributed by atoms with Crippen LogP contribution >= 0.6 is 0 Å². The number of piperidine rings is 1. The number of rotatable bonds is 6. The Balaban J connectivity index is 1.88. The highest BCUT2D eigenvalue weighted by atomic mass is 32.2. The van der Waals surface area contributed by atoms with Gasteiger partial charge in [-0.15, -0.1) is 0 Å². The predicted octanol–water partition coefficient (Wildman–Crippen LogP) is 1.90. The molecule has 1 fully saturated rings. The van der Waals surface area contributed by atoms with Gasteiger partial charge in [0, 0.05) is 19.2 Å². The minimum Gasteiger partial charge on any atom is -0.452 e. The van der Waals surface area contributed by atoms with Crippen molar-refractivity contribution in [2.24, 2.45) is 5.92 Å². The highest BCUT2D eigenvalue weighted by Crippen LogP contribution is 2.22. The van der Waals surface area contributed by atoms with Crippen molar-refractivity contribution in [3.63, 3.8) is 0 Å². The van der Waals surface area contributed by atoms with Crippen molar-refractivity contribution in [2.45, 2.75) is 32.8 Å². The summed E-state index contributed by atoms with van der Waals surface area (Å²) in [5, 5.41) is 2.17. The van der Waals surface area contributed by atoms with Crippen LogP contribution in [0.5, 0.6) is 0 Å². The van der Waals surface area contributed by atoms with E-state index in [4.69, 9.17) is 4.74 Å². The van der Waals surface area contributed by atoms with E-state index in [1.165, 1.54) is 11.2 Å².